The molecule has 1 atom stereocenters. The van der Waals surface area contributed by atoms with E-state index in [2.05, 4.69) is 12.2 Å². The lowest BCUT2D eigenvalue weighted by Crippen LogP contribution is -2.35. The van der Waals surface area contributed by atoms with Crippen LogP contribution in [0.5, 0.6) is 0 Å². The summed E-state index contributed by atoms with van der Waals surface area (Å²) in [5, 5.41) is 3.34. The molecule has 1 aliphatic rings. The third-order valence-electron chi connectivity index (χ3n) is 2.91. The smallest absolute Gasteiger partial charge is 0.179 e. The highest BCUT2D eigenvalue weighted by molar-refractivity contribution is 7.99. The second-order valence-electron chi connectivity index (χ2n) is 4.48. The maximum absolute atomic E-state index is 12.1. The number of rotatable bonds is 6. The molecule has 0 radical (unpaired) electrons. The first-order valence-electron chi connectivity index (χ1n) is 6.24. The van der Waals surface area contributed by atoms with Crippen molar-refractivity contribution in [3.05, 3.63) is 29.8 Å². The van der Waals surface area contributed by atoms with E-state index < -0.39 is 0 Å². The van der Waals surface area contributed by atoms with Gasteiger partial charge in [0.2, 0.25) is 0 Å². The van der Waals surface area contributed by atoms with Crippen LogP contribution in [-0.2, 0) is 0 Å². The molecule has 1 unspecified atom stereocenters. The van der Waals surface area contributed by atoms with Crippen molar-refractivity contribution in [2.75, 3.05) is 5.75 Å². The molecule has 17 heavy (non-hydrogen) atoms. The monoisotopic (exact) mass is 249 g/mol. The maximum atomic E-state index is 12.1. The third-order valence-corrected chi connectivity index (χ3v) is 3.80. The number of hydrogen-bond acceptors (Lipinski definition) is 3. The van der Waals surface area contributed by atoms with Gasteiger partial charge in [-0.05, 0) is 37.7 Å². The van der Waals surface area contributed by atoms with Gasteiger partial charge in [-0.2, -0.15) is 0 Å². The Kier molecular flexibility index (Phi) is 4.24. The first-order valence-corrected chi connectivity index (χ1v) is 7.22. The molecule has 1 N–H and O–H groups in total. The van der Waals surface area contributed by atoms with Crippen LogP contribution in [0.15, 0.2) is 29.2 Å². The zero-order valence-electron chi connectivity index (χ0n) is 10.4. The Morgan fingerprint density at radius 1 is 1.41 bits per heavy atom. The van der Waals surface area contributed by atoms with E-state index in [4.69, 9.17) is 0 Å². The van der Waals surface area contributed by atoms with E-state index in [1.165, 1.54) is 17.7 Å². The highest BCUT2D eigenvalue weighted by atomic mass is 32.2. The minimum Gasteiger partial charge on any atom is -0.305 e. The van der Waals surface area contributed by atoms with Crippen molar-refractivity contribution in [1.29, 1.82) is 0 Å². The highest BCUT2D eigenvalue weighted by Gasteiger charge is 2.25. The number of ketones is 1. The van der Waals surface area contributed by atoms with Gasteiger partial charge >= 0.3 is 0 Å². The largest absolute Gasteiger partial charge is 0.305 e. The van der Waals surface area contributed by atoms with Crippen LogP contribution < -0.4 is 5.32 Å². The van der Waals surface area contributed by atoms with Crippen molar-refractivity contribution >= 4 is 17.5 Å². The molecule has 2 nitrogen and oxygen atoms in total. The molecule has 2 rings (SSSR count). The average Bonchev–Trinajstić information content (AvgIpc) is 3.13. The van der Waals surface area contributed by atoms with E-state index in [1.54, 1.807) is 11.8 Å². The van der Waals surface area contributed by atoms with E-state index in [0.29, 0.717) is 6.04 Å². The molecule has 0 heterocycles. The lowest BCUT2D eigenvalue weighted by Gasteiger charge is -2.12. The molecule has 0 aliphatic heterocycles. The molecule has 1 aliphatic carbocycles. The number of thioether (sulfide) groups is 1. The number of carbonyl (C=O) groups excluding carboxylic acids is 1. The van der Waals surface area contributed by atoms with Crippen LogP contribution in [0.3, 0.4) is 0 Å². The molecular weight excluding hydrogens is 230 g/mol. The van der Waals surface area contributed by atoms with Gasteiger partial charge in [0.05, 0.1) is 6.04 Å². The van der Waals surface area contributed by atoms with Crippen molar-refractivity contribution < 1.29 is 4.79 Å². The zero-order chi connectivity index (χ0) is 12.3. The normalized spacial score (nSPS) is 16.8. The van der Waals surface area contributed by atoms with E-state index in [0.717, 1.165) is 11.3 Å². The van der Waals surface area contributed by atoms with Crippen LogP contribution in [-0.4, -0.2) is 23.6 Å². The zero-order valence-corrected chi connectivity index (χ0v) is 11.2. The van der Waals surface area contributed by atoms with Crippen LogP contribution in [0.2, 0.25) is 0 Å². The Morgan fingerprint density at radius 3 is 2.59 bits per heavy atom. The summed E-state index contributed by atoms with van der Waals surface area (Å²) in [6.45, 7) is 4.08. The predicted molar refractivity (Wildman–Crippen MR) is 72.8 cm³/mol. The summed E-state index contributed by atoms with van der Waals surface area (Å²) in [6.07, 6.45) is 2.42. The number of carbonyl (C=O) groups is 1. The third kappa shape index (κ3) is 3.58. The van der Waals surface area contributed by atoms with Gasteiger partial charge in [0.1, 0.15) is 0 Å². The molecule has 0 aromatic heterocycles. The van der Waals surface area contributed by atoms with Crippen LogP contribution in [0.25, 0.3) is 0 Å². The van der Waals surface area contributed by atoms with E-state index in [-0.39, 0.29) is 11.8 Å². The summed E-state index contributed by atoms with van der Waals surface area (Å²) in [5.41, 5.74) is 0.811. The summed E-state index contributed by atoms with van der Waals surface area (Å²) in [5.74, 6) is 1.26. The molecule has 92 valence electrons. The molecule has 1 aromatic carbocycles. The topological polar surface area (TPSA) is 29.1 Å². The maximum Gasteiger partial charge on any atom is 0.179 e. The van der Waals surface area contributed by atoms with Crippen LogP contribution in [0.4, 0.5) is 0 Å². The number of hydrogen-bond donors (Lipinski definition) is 1. The minimum atomic E-state index is -0.0628. The van der Waals surface area contributed by atoms with Crippen molar-refractivity contribution in [3.8, 4) is 0 Å². The number of benzene rings is 1. The molecule has 1 fully saturated rings. The number of Topliss-reactive ketones (excluding diaryl/α,β-unsaturated/α-hetero) is 1. The van der Waals surface area contributed by atoms with Gasteiger partial charge in [-0.3, -0.25) is 4.79 Å². The molecule has 1 saturated carbocycles. The van der Waals surface area contributed by atoms with Crippen LogP contribution in [0.1, 0.15) is 37.0 Å². The van der Waals surface area contributed by atoms with E-state index in [9.17, 15) is 4.79 Å². The van der Waals surface area contributed by atoms with Gasteiger partial charge in [0.15, 0.2) is 5.78 Å². The average molecular weight is 249 g/mol. The van der Waals surface area contributed by atoms with Crippen molar-refractivity contribution in [1.82, 2.24) is 5.32 Å². The fourth-order valence-electron chi connectivity index (χ4n) is 1.81. The summed E-state index contributed by atoms with van der Waals surface area (Å²) in [7, 11) is 0. The Morgan fingerprint density at radius 2 is 2.06 bits per heavy atom. The molecule has 0 amide bonds. The molecule has 0 bridgehead atoms. The van der Waals surface area contributed by atoms with Gasteiger partial charge in [-0.15, -0.1) is 11.8 Å². The van der Waals surface area contributed by atoms with Crippen molar-refractivity contribution in [3.63, 3.8) is 0 Å². The fraction of sp³-hybridized carbons (Fsp3) is 0.500. The lowest BCUT2D eigenvalue weighted by molar-refractivity contribution is 0.0950. The van der Waals surface area contributed by atoms with Gasteiger partial charge in [-0.1, -0.05) is 19.1 Å². The van der Waals surface area contributed by atoms with Crippen LogP contribution in [0, 0.1) is 0 Å². The highest BCUT2D eigenvalue weighted by Crippen LogP contribution is 2.21. The van der Waals surface area contributed by atoms with Crippen LogP contribution >= 0.6 is 11.8 Å². The Balaban J connectivity index is 1.97. The van der Waals surface area contributed by atoms with Gasteiger partial charge in [-0.25, -0.2) is 0 Å². The predicted octanol–water partition coefficient (Wildman–Crippen LogP) is 3.12. The lowest BCUT2D eigenvalue weighted by atomic mass is 10.1. The second-order valence-corrected chi connectivity index (χ2v) is 5.82. The Labute approximate surface area is 107 Å². The fourth-order valence-corrected chi connectivity index (χ4v) is 2.47. The Bertz CT molecular complexity index is 384. The summed E-state index contributed by atoms with van der Waals surface area (Å²) in [6, 6.07) is 8.45. The minimum absolute atomic E-state index is 0.0628. The molecule has 1 aromatic rings. The van der Waals surface area contributed by atoms with Crippen molar-refractivity contribution in [2.24, 2.45) is 0 Å². The van der Waals surface area contributed by atoms with Gasteiger partial charge in [0.25, 0.3) is 0 Å². The quantitative estimate of drug-likeness (QED) is 0.620. The SMILES string of the molecule is CCSc1ccc(C(=O)C(C)NC2CC2)cc1. The van der Waals surface area contributed by atoms with E-state index in [1.807, 2.05) is 31.2 Å². The first kappa shape index (κ1) is 12.7. The molecule has 0 saturated heterocycles. The molecule has 3 heteroatoms. The van der Waals surface area contributed by atoms with E-state index >= 15 is 0 Å². The Hall–Kier alpha value is -0.800. The standard InChI is InChI=1S/C14H19NOS/c1-3-17-13-8-4-11(5-9-13)14(16)10(2)15-12-6-7-12/h4-5,8-10,12,15H,3,6-7H2,1-2H3. The second kappa shape index (κ2) is 5.69. The summed E-state index contributed by atoms with van der Waals surface area (Å²) < 4.78 is 0. The molecular formula is C14H19NOS. The van der Waals surface area contributed by atoms with Gasteiger partial charge in [0, 0.05) is 16.5 Å². The first-order chi connectivity index (χ1) is 8.20. The summed E-state index contributed by atoms with van der Waals surface area (Å²) in [4.78, 5) is 13.3. The number of nitrogens with one attached hydrogen (secondary N) is 1. The molecule has 0 spiro atoms. The van der Waals surface area contributed by atoms with Gasteiger partial charge < -0.3 is 5.32 Å². The summed E-state index contributed by atoms with van der Waals surface area (Å²) >= 11 is 1.80. The van der Waals surface area contributed by atoms with Crippen molar-refractivity contribution in [2.45, 2.75) is 43.7 Å².